The lowest BCUT2D eigenvalue weighted by Crippen LogP contribution is -2.02. The fourth-order valence-corrected chi connectivity index (χ4v) is 3.54. The van der Waals surface area contributed by atoms with E-state index in [4.69, 9.17) is 21.1 Å². The van der Waals surface area contributed by atoms with E-state index in [0.29, 0.717) is 27.4 Å². The maximum absolute atomic E-state index is 13.8. The number of methoxy groups -OCH3 is 2. The van der Waals surface area contributed by atoms with E-state index in [9.17, 15) is 14.3 Å². The Hall–Kier alpha value is -3.58. The van der Waals surface area contributed by atoms with Gasteiger partial charge in [0.05, 0.1) is 30.4 Å². The zero-order valence-electron chi connectivity index (χ0n) is 16.0. The first kappa shape index (κ1) is 19.7. The number of hydrogen-bond acceptors (Lipinski definition) is 4. The van der Waals surface area contributed by atoms with E-state index in [1.807, 2.05) is 12.1 Å². The summed E-state index contributed by atoms with van der Waals surface area (Å²) in [6, 6.07) is 14.9. The van der Waals surface area contributed by atoms with Crippen LogP contribution in [0.3, 0.4) is 0 Å². The van der Waals surface area contributed by atoms with Crippen LogP contribution < -0.4 is 9.47 Å². The summed E-state index contributed by atoms with van der Waals surface area (Å²) in [4.78, 5) is 11.8. The van der Waals surface area contributed by atoms with Crippen LogP contribution in [0.15, 0.2) is 54.6 Å². The molecular formula is C22H16ClFN2O4. The quantitative estimate of drug-likeness (QED) is 0.474. The lowest BCUT2D eigenvalue weighted by molar-refractivity contribution is 0.0692. The Morgan fingerprint density at radius 1 is 1.00 bits per heavy atom. The second-order valence-electron chi connectivity index (χ2n) is 6.47. The molecule has 0 radical (unpaired) electrons. The molecule has 0 spiro atoms. The van der Waals surface area contributed by atoms with Gasteiger partial charge in [-0.05, 0) is 47.5 Å². The molecule has 0 aliphatic heterocycles. The Morgan fingerprint density at radius 3 is 2.37 bits per heavy atom. The fourth-order valence-electron chi connectivity index (χ4n) is 3.28. The number of carboxylic acids is 1. The monoisotopic (exact) mass is 426 g/mol. The highest BCUT2D eigenvalue weighted by Crippen LogP contribution is 2.33. The minimum absolute atomic E-state index is 0.0394. The molecule has 0 bridgehead atoms. The summed E-state index contributed by atoms with van der Waals surface area (Å²) in [6.45, 7) is 0. The normalized spacial score (nSPS) is 10.9. The third kappa shape index (κ3) is 3.33. The Kier molecular flexibility index (Phi) is 5.05. The SMILES string of the molecule is COc1cc(-n2nc(C(=O)O)c3cc(-c4ccc(OC)c(Cl)c4)ccc32)ccc1F. The van der Waals surface area contributed by atoms with Gasteiger partial charge < -0.3 is 14.6 Å². The molecule has 3 aromatic carbocycles. The van der Waals surface area contributed by atoms with Gasteiger partial charge in [-0.1, -0.05) is 23.7 Å². The molecule has 0 saturated carbocycles. The Balaban J connectivity index is 1.90. The van der Waals surface area contributed by atoms with Crippen molar-refractivity contribution in [3.63, 3.8) is 0 Å². The Bertz CT molecular complexity index is 1290. The molecule has 8 heteroatoms. The molecule has 1 heterocycles. The molecule has 1 aromatic heterocycles. The van der Waals surface area contributed by atoms with Crippen molar-refractivity contribution in [2.75, 3.05) is 14.2 Å². The lowest BCUT2D eigenvalue weighted by Gasteiger charge is -2.08. The molecular weight excluding hydrogens is 411 g/mol. The van der Waals surface area contributed by atoms with Gasteiger partial charge in [0.1, 0.15) is 5.75 Å². The van der Waals surface area contributed by atoms with E-state index in [1.54, 1.807) is 24.3 Å². The number of rotatable bonds is 5. The van der Waals surface area contributed by atoms with Crippen molar-refractivity contribution in [1.29, 1.82) is 0 Å². The van der Waals surface area contributed by atoms with Crippen molar-refractivity contribution in [2.45, 2.75) is 0 Å². The largest absolute Gasteiger partial charge is 0.495 e. The van der Waals surface area contributed by atoms with Crippen LogP contribution in [-0.4, -0.2) is 35.1 Å². The van der Waals surface area contributed by atoms with Gasteiger partial charge >= 0.3 is 5.97 Å². The third-order valence-electron chi connectivity index (χ3n) is 4.75. The maximum Gasteiger partial charge on any atom is 0.357 e. The zero-order valence-corrected chi connectivity index (χ0v) is 16.8. The van der Waals surface area contributed by atoms with Crippen molar-refractivity contribution in [1.82, 2.24) is 9.78 Å². The molecule has 0 aliphatic carbocycles. The average molecular weight is 427 g/mol. The van der Waals surface area contributed by atoms with E-state index < -0.39 is 11.8 Å². The van der Waals surface area contributed by atoms with Gasteiger partial charge in [-0.3, -0.25) is 0 Å². The molecule has 6 nitrogen and oxygen atoms in total. The van der Waals surface area contributed by atoms with Gasteiger partial charge in [-0.15, -0.1) is 0 Å². The smallest absolute Gasteiger partial charge is 0.357 e. The third-order valence-corrected chi connectivity index (χ3v) is 5.04. The molecule has 0 atom stereocenters. The van der Waals surface area contributed by atoms with Gasteiger partial charge in [0.15, 0.2) is 17.3 Å². The Labute approximate surface area is 176 Å². The second kappa shape index (κ2) is 7.68. The number of ether oxygens (including phenoxy) is 2. The summed E-state index contributed by atoms with van der Waals surface area (Å²) < 4.78 is 25.4. The van der Waals surface area contributed by atoms with Crippen LogP contribution in [0.4, 0.5) is 4.39 Å². The first-order valence-corrected chi connectivity index (χ1v) is 9.24. The predicted molar refractivity (Wildman–Crippen MR) is 112 cm³/mol. The maximum atomic E-state index is 13.8. The van der Waals surface area contributed by atoms with Crippen LogP contribution in [-0.2, 0) is 0 Å². The molecule has 1 N–H and O–H groups in total. The highest BCUT2D eigenvalue weighted by atomic mass is 35.5. The van der Waals surface area contributed by atoms with Gasteiger partial charge in [0.25, 0.3) is 0 Å². The predicted octanol–water partition coefficient (Wildman–Crippen LogP) is 5.20. The topological polar surface area (TPSA) is 73.6 Å². The van der Waals surface area contributed by atoms with E-state index in [2.05, 4.69) is 5.10 Å². The number of carboxylic acid groups (broad SMARTS) is 1. The average Bonchev–Trinajstić information content (AvgIpc) is 3.13. The van der Waals surface area contributed by atoms with Gasteiger partial charge in [-0.25, -0.2) is 13.9 Å². The van der Waals surface area contributed by atoms with Crippen LogP contribution in [0.2, 0.25) is 5.02 Å². The fraction of sp³-hybridized carbons (Fsp3) is 0.0909. The molecule has 152 valence electrons. The number of hydrogen-bond donors (Lipinski definition) is 1. The van der Waals surface area contributed by atoms with E-state index >= 15 is 0 Å². The first-order valence-electron chi connectivity index (χ1n) is 8.87. The van der Waals surface area contributed by atoms with Crippen LogP contribution in [0.5, 0.6) is 11.5 Å². The summed E-state index contributed by atoms with van der Waals surface area (Å²) in [7, 11) is 2.89. The van der Waals surface area contributed by atoms with Gasteiger partial charge in [-0.2, -0.15) is 5.10 Å². The van der Waals surface area contributed by atoms with Crippen molar-refractivity contribution < 1.29 is 23.8 Å². The zero-order chi connectivity index (χ0) is 21.4. The standard InChI is InChI=1S/C22H16ClFN2O4/c1-29-19-8-4-13(10-16(19)23)12-3-7-18-15(9-12)21(22(27)28)25-26(18)14-5-6-17(24)20(11-14)30-2/h3-11H,1-2H3,(H,27,28). The van der Waals surface area contributed by atoms with Crippen molar-refractivity contribution in [2.24, 2.45) is 0 Å². The van der Waals surface area contributed by atoms with E-state index in [-0.39, 0.29) is 11.4 Å². The minimum atomic E-state index is -1.17. The molecule has 0 fully saturated rings. The van der Waals surface area contributed by atoms with Crippen LogP contribution in [0.25, 0.3) is 27.7 Å². The number of aromatic carboxylic acids is 1. The Morgan fingerprint density at radius 2 is 1.70 bits per heavy atom. The summed E-state index contributed by atoms with van der Waals surface area (Å²) in [6.07, 6.45) is 0. The van der Waals surface area contributed by atoms with Crippen molar-refractivity contribution in [3.8, 4) is 28.3 Å². The number of nitrogens with zero attached hydrogens (tertiary/aromatic N) is 2. The molecule has 4 rings (SSSR count). The first-order chi connectivity index (χ1) is 14.4. The van der Waals surface area contributed by atoms with Gasteiger partial charge in [0.2, 0.25) is 0 Å². The molecule has 30 heavy (non-hydrogen) atoms. The number of aromatic nitrogens is 2. The minimum Gasteiger partial charge on any atom is -0.495 e. The van der Waals surface area contributed by atoms with Gasteiger partial charge in [0, 0.05) is 11.5 Å². The number of fused-ring (bicyclic) bond motifs is 1. The molecule has 0 aliphatic rings. The molecule has 0 saturated heterocycles. The summed E-state index contributed by atoms with van der Waals surface area (Å²) in [5, 5.41) is 14.8. The lowest BCUT2D eigenvalue weighted by atomic mass is 10.0. The number of halogens is 2. The van der Waals surface area contributed by atoms with E-state index in [1.165, 1.54) is 37.1 Å². The molecule has 0 amide bonds. The molecule has 0 unspecified atom stereocenters. The second-order valence-corrected chi connectivity index (χ2v) is 6.87. The van der Waals surface area contributed by atoms with Crippen LogP contribution >= 0.6 is 11.6 Å². The summed E-state index contributed by atoms with van der Waals surface area (Å²) in [5.41, 5.74) is 2.49. The van der Waals surface area contributed by atoms with Crippen LogP contribution in [0, 0.1) is 5.82 Å². The van der Waals surface area contributed by atoms with Crippen molar-refractivity contribution in [3.05, 3.63) is 71.1 Å². The highest BCUT2D eigenvalue weighted by Gasteiger charge is 2.19. The van der Waals surface area contributed by atoms with E-state index in [0.717, 1.165) is 11.1 Å². The number of carbonyl (C=O) groups is 1. The molecule has 4 aromatic rings. The summed E-state index contributed by atoms with van der Waals surface area (Å²) >= 11 is 6.23. The van der Waals surface area contributed by atoms with Crippen LogP contribution in [0.1, 0.15) is 10.5 Å². The van der Waals surface area contributed by atoms with Crippen molar-refractivity contribution >= 4 is 28.5 Å². The number of benzene rings is 3. The highest BCUT2D eigenvalue weighted by molar-refractivity contribution is 6.32. The summed E-state index contributed by atoms with van der Waals surface area (Å²) in [5.74, 6) is -1.10.